The summed E-state index contributed by atoms with van der Waals surface area (Å²) in [6.45, 7) is 0.432. The molecule has 0 aromatic heterocycles. The molecule has 0 radical (unpaired) electrons. The molecule has 23 heavy (non-hydrogen) atoms. The van der Waals surface area contributed by atoms with E-state index in [4.69, 9.17) is 11.2 Å². The molecule has 0 aliphatic carbocycles. The summed E-state index contributed by atoms with van der Waals surface area (Å²) in [5.74, 6) is 2.73. The van der Waals surface area contributed by atoms with Crippen molar-refractivity contribution in [3.05, 3.63) is 89.7 Å². The summed E-state index contributed by atoms with van der Waals surface area (Å²) < 4.78 is 20.2. The van der Waals surface area contributed by atoms with E-state index in [1.807, 2.05) is 54.6 Å². The molecule has 0 spiro atoms. The maximum Gasteiger partial charge on any atom is 0.132 e. The Morgan fingerprint density at radius 1 is 0.870 bits per heavy atom. The topological polar surface area (TPSA) is 9.23 Å². The highest BCUT2D eigenvalue weighted by Crippen LogP contribution is 2.32. The lowest BCUT2D eigenvalue weighted by atomic mass is 10.0. The second-order valence-corrected chi connectivity index (χ2v) is 5.11. The first-order valence-corrected chi connectivity index (χ1v) is 7.30. The van der Waals surface area contributed by atoms with Crippen LogP contribution in [0.15, 0.2) is 72.8 Å². The largest absolute Gasteiger partial charge is 0.488 e. The second-order valence-electron chi connectivity index (χ2n) is 5.11. The molecule has 3 aromatic rings. The van der Waals surface area contributed by atoms with Gasteiger partial charge in [0.25, 0.3) is 0 Å². The molecule has 0 fully saturated rings. The van der Waals surface area contributed by atoms with E-state index < -0.39 is 0 Å². The highest BCUT2D eigenvalue weighted by molar-refractivity contribution is 5.71. The highest BCUT2D eigenvalue weighted by atomic mass is 19.1. The van der Waals surface area contributed by atoms with E-state index in [1.165, 1.54) is 6.07 Å². The minimum Gasteiger partial charge on any atom is -0.488 e. The minimum absolute atomic E-state index is 0.351. The van der Waals surface area contributed by atoms with Crippen LogP contribution in [0.1, 0.15) is 11.1 Å². The Morgan fingerprint density at radius 3 is 2.35 bits per heavy atom. The summed E-state index contributed by atoms with van der Waals surface area (Å²) >= 11 is 0. The second kappa shape index (κ2) is 6.81. The number of ether oxygens (including phenoxy) is 1. The number of para-hydroxylation sites is 1. The van der Waals surface area contributed by atoms with Crippen molar-refractivity contribution >= 4 is 0 Å². The maximum atomic E-state index is 14.3. The van der Waals surface area contributed by atoms with Crippen LogP contribution >= 0.6 is 0 Å². The first-order chi connectivity index (χ1) is 11.3. The molecule has 0 aliphatic rings. The van der Waals surface area contributed by atoms with Gasteiger partial charge < -0.3 is 4.74 Å². The lowest BCUT2D eigenvalue weighted by Gasteiger charge is -2.12. The van der Waals surface area contributed by atoms with Gasteiger partial charge >= 0.3 is 0 Å². The van der Waals surface area contributed by atoms with Crippen molar-refractivity contribution in [1.82, 2.24) is 0 Å². The normalized spacial score (nSPS) is 10.1. The van der Waals surface area contributed by atoms with Crippen molar-refractivity contribution in [3.8, 4) is 29.2 Å². The number of hydrogen-bond acceptors (Lipinski definition) is 1. The first-order valence-electron chi connectivity index (χ1n) is 7.30. The fraction of sp³-hybridized carbons (Fsp3) is 0.0476. The van der Waals surface area contributed by atoms with Gasteiger partial charge in [0.1, 0.15) is 18.2 Å². The van der Waals surface area contributed by atoms with Crippen LogP contribution in [0.2, 0.25) is 0 Å². The van der Waals surface area contributed by atoms with E-state index in [0.717, 1.165) is 5.56 Å². The zero-order valence-corrected chi connectivity index (χ0v) is 12.5. The van der Waals surface area contributed by atoms with E-state index in [0.29, 0.717) is 29.0 Å². The van der Waals surface area contributed by atoms with Gasteiger partial charge in [-0.2, -0.15) is 0 Å². The molecule has 0 bridgehead atoms. The van der Waals surface area contributed by atoms with Gasteiger partial charge in [-0.15, -0.1) is 6.42 Å². The van der Waals surface area contributed by atoms with Crippen molar-refractivity contribution in [2.45, 2.75) is 6.61 Å². The molecule has 3 aromatic carbocycles. The summed E-state index contributed by atoms with van der Waals surface area (Å²) in [7, 11) is 0. The van der Waals surface area contributed by atoms with E-state index in [-0.39, 0.29) is 5.82 Å². The van der Waals surface area contributed by atoms with E-state index >= 15 is 0 Å². The summed E-state index contributed by atoms with van der Waals surface area (Å²) in [6.07, 6.45) is 5.31. The molecular formula is C21H15FO. The Balaban J connectivity index is 1.91. The van der Waals surface area contributed by atoms with Gasteiger partial charge in [-0.1, -0.05) is 60.5 Å². The van der Waals surface area contributed by atoms with Crippen LogP contribution in [0.4, 0.5) is 4.39 Å². The van der Waals surface area contributed by atoms with Gasteiger partial charge in [-0.25, -0.2) is 4.39 Å². The molecule has 0 N–H and O–H groups in total. The van der Waals surface area contributed by atoms with Gasteiger partial charge in [0.2, 0.25) is 0 Å². The molecule has 0 amide bonds. The Bertz CT molecular complexity index is 847. The Morgan fingerprint density at radius 2 is 1.61 bits per heavy atom. The predicted octanol–water partition coefficient (Wildman–Crippen LogP) is 5.05. The molecule has 0 saturated heterocycles. The molecule has 0 aliphatic heterocycles. The fourth-order valence-electron chi connectivity index (χ4n) is 2.37. The Hall–Kier alpha value is -3.05. The van der Waals surface area contributed by atoms with E-state index in [1.54, 1.807) is 12.1 Å². The van der Waals surface area contributed by atoms with Crippen LogP contribution in [0, 0.1) is 18.2 Å². The number of halogens is 1. The zero-order chi connectivity index (χ0) is 16.1. The number of rotatable bonds is 4. The Labute approximate surface area is 135 Å². The molecule has 2 heteroatoms. The fourth-order valence-corrected chi connectivity index (χ4v) is 2.37. The lowest BCUT2D eigenvalue weighted by Crippen LogP contribution is -1.97. The minimum atomic E-state index is -0.351. The van der Waals surface area contributed by atoms with Crippen molar-refractivity contribution in [3.63, 3.8) is 0 Å². The van der Waals surface area contributed by atoms with Crippen LogP contribution in [0.3, 0.4) is 0 Å². The van der Waals surface area contributed by atoms with E-state index in [9.17, 15) is 4.39 Å². The van der Waals surface area contributed by atoms with E-state index in [2.05, 4.69) is 5.92 Å². The summed E-state index contributed by atoms with van der Waals surface area (Å²) in [4.78, 5) is 0. The average molecular weight is 302 g/mol. The Kier molecular flexibility index (Phi) is 4.40. The van der Waals surface area contributed by atoms with Crippen LogP contribution in [-0.2, 0) is 6.61 Å². The zero-order valence-electron chi connectivity index (χ0n) is 12.5. The van der Waals surface area contributed by atoms with Gasteiger partial charge in [0.15, 0.2) is 0 Å². The summed E-state index contributed by atoms with van der Waals surface area (Å²) in [6, 6.07) is 22.1. The molecule has 1 nitrogen and oxygen atoms in total. The highest BCUT2D eigenvalue weighted by Gasteiger charge is 2.11. The van der Waals surface area contributed by atoms with Gasteiger partial charge in [-0.05, 0) is 23.8 Å². The third-order valence-corrected chi connectivity index (χ3v) is 3.55. The van der Waals surface area contributed by atoms with Crippen molar-refractivity contribution < 1.29 is 9.13 Å². The number of terminal acetylenes is 1. The first kappa shape index (κ1) is 14.9. The average Bonchev–Trinajstić information content (AvgIpc) is 2.61. The molecule has 0 saturated carbocycles. The SMILES string of the molecule is C#Cc1ccc(-c2ccccc2OCc2ccccc2)c(F)c1. The van der Waals surface area contributed by atoms with Gasteiger partial charge in [-0.3, -0.25) is 0 Å². The maximum absolute atomic E-state index is 14.3. The molecule has 112 valence electrons. The molecule has 0 heterocycles. The van der Waals surface area contributed by atoms with Crippen molar-refractivity contribution in [2.75, 3.05) is 0 Å². The third-order valence-electron chi connectivity index (χ3n) is 3.55. The smallest absolute Gasteiger partial charge is 0.132 e. The van der Waals surface area contributed by atoms with Crippen LogP contribution < -0.4 is 4.74 Å². The van der Waals surface area contributed by atoms with Crippen LogP contribution in [0.25, 0.3) is 11.1 Å². The molecule has 0 unspecified atom stereocenters. The predicted molar refractivity (Wildman–Crippen MR) is 90.5 cm³/mol. The lowest BCUT2D eigenvalue weighted by molar-refractivity contribution is 0.307. The summed E-state index contributed by atoms with van der Waals surface area (Å²) in [5.41, 5.74) is 2.77. The number of hydrogen-bond donors (Lipinski definition) is 0. The van der Waals surface area contributed by atoms with Crippen molar-refractivity contribution in [2.24, 2.45) is 0 Å². The standard InChI is InChI=1S/C21H15FO/c1-2-16-12-13-18(20(22)14-16)19-10-6-7-11-21(19)23-15-17-8-4-3-5-9-17/h1,3-14H,15H2. The summed E-state index contributed by atoms with van der Waals surface area (Å²) in [5, 5.41) is 0. The molecular weight excluding hydrogens is 287 g/mol. The molecule has 0 atom stereocenters. The van der Waals surface area contributed by atoms with Crippen LogP contribution in [0.5, 0.6) is 5.75 Å². The van der Waals surface area contributed by atoms with Gasteiger partial charge in [0.05, 0.1) is 0 Å². The monoisotopic (exact) mass is 302 g/mol. The third kappa shape index (κ3) is 3.41. The van der Waals surface area contributed by atoms with Crippen LogP contribution in [-0.4, -0.2) is 0 Å². The van der Waals surface area contributed by atoms with Gasteiger partial charge in [0, 0.05) is 16.7 Å². The number of benzene rings is 3. The van der Waals surface area contributed by atoms with Crippen molar-refractivity contribution in [1.29, 1.82) is 0 Å². The molecule has 3 rings (SSSR count). The quantitative estimate of drug-likeness (QED) is 0.613.